The maximum atomic E-state index is 13.1. The van der Waals surface area contributed by atoms with Crippen LogP contribution in [0.5, 0.6) is 11.5 Å². The zero-order valence-corrected chi connectivity index (χ0v) is 16.4. The van der Waals surface area contributed by atoms with E-state index in [1.165, 1.54) is 0 Å². The molecule has 27 heavy (non-hydrogen) atoms. The van der Waals surface area contributed by atoms with Crippen molar-refractivity contribution in [2.45, 2.75) is 38.2 Å². The number of aliphatic hydroxyl groups is 1. The van der Waals surface area contributed by atoms with Gasteiger partial charge in [0.1, 0.15) is 13.2 Å². The van der Waals surface area contributed by atoms with Gasteiger partial charge in [-0.15, -0.1) is 0 Å². The Hall–Kier alpha value is -1.91. The average molecular weight is 400 g/mol. The lowest BCUT2D eigenvalue weighted by atomic mass is 9.74. The zero-order valence-electron chi connectivity index (χ0n) is 15.5. The quantitative estimate of drug-likeness (QED) is 0.607. The van der Waals surface area contributed by atoms with E-state index in [0.717, 1.165) is 16.4 Å². The summed E-state index contributed by atoms with van der Waals surface area (Å²) in [6.07, 6.45) is -0.368. The van der Waals surface area contributed by atoms with Gasteiger partial charge in [0, 0.05) is 19.2 Å². The Balaban J connectivity index is 1.97. The van der Waals surface area contributed by atoms with E-state index in [9.17, 15) is 23.6 Å². The number of benzene rings is 1. The highest BCUT2D eigenvalue weighted by atomic mass is 32.2. The molecule has 1 aromatic rings. The topological polar surface area (TPSA) is 119 Å². The lowest BCUT2D eigenvalue weighted by molar-refractivity contribution is -0.388. The molecule has 3 rings (SSSR count). The number of β-amino-alcohol motifs (C(OH)–C–C–N with tert-alkyl or cyclic N) is 1. The predicted molar refractivity (Wildman–Crippen MR) is 96.4 cm³/mol. The number of nitro benzene ring substituents is 1. The molecule has 2 aliphatic heterocycles. The van der Waals surface area contributed by atoms with Crippen molar-refractivity contribution < 1.29 is 27.9 Å². The van der Waals surface area contributed by atoms with Crippen LogP contribution in [-0.4, -0.2) is 55.2 Å². The van der Waals surface area contributed by atoms with Crippen LogP contribution < -0.4 is 9.47 Å². The molecule has 10 heteroatoms. The monoisotopic (exact) mass is 400 g/mol. The number of sulfonamides is 1. The second kappa shape index (κ2) is 6.92. The Kier molecular flexibility index (Phi) is 5.08. The molecule has 0 radical (unpaired) electrons. The van der Waals surface area contributed by atoms with E-state index in [0.29, 0.717) is 6.42 Å². The average Bonchev–Trinajstić information content (AvgIpc) is 2.59. The number of piperidine rings is 1. The van der Waals surface area contributed by atoms with Crippen LogP contribution >= 0.6 is 0 Å². The zero-order chi connectivity index (χ0) is 20.0. The fraction of sp³-hybridized carbons (Fsp3) is 0.647. The number of hydrogen-bond acceptors (Lipinski definition) is 7. The normalized spacial score (nSPS) is 23.9. The highest BCUT2D eigenvalue weighted by Crippen LogP contribution is 2.41. The molecule has 150 valence electrons. The van der Waals surface area contributed by atoms with Gasteiger partial charge in [0.05, 0.1) is 17.1 Å². The van der Waals surface area contributed by atoms with Crippen LogP contribution in [0.3, 0.4) is 0 Å². The fourth-order valence-electron chi connectivity index (χ4n) is 3.68. The van der Waals surface area contributed by atoms with Crippen molar-refractivity contribution in [3.63, 3.8) is 0 Å². The summed E-state index contributed by atoms with van der Waals surface area (Å²) in [6, 6.07) is 2.23. The smallest absolute Gasteiger partial charge is 0.293 e. The van der Waals surface area contributed by atoms with Gasteiger partial charge in [0.25, 0.3) is 5.69 Å². The van der Waals surface area contributed by atoms with Crippen LogP contribution in [0.25, 0.3) is 0 Å². The molecule has 0 saturated carbocycles. The molecule has 0 aromatic heterocycles. The van der Waals surface area contributed by atoms with Gasteiger partial charge in [-0.3, -0.25) is 10.1 Å². The van der Waals surface area contributed by atoms with Gasteiger partial charge in [-0.2, -0.15) is 4.31 Å². The molecule has 1 saturated heterocycles. The van der Waals surface area contributed by atoms with E-state index in [1.807, 2.05) is 20.8 Å². The van der Waals surface area contributed by atoms with Crippen LogP contribution in [0, 0.1) is 21.4 Å². The predicted octanol–water partition coefficient (Wildman–Crippen LogP) is 1.78. The van der Waals surface area contributed by atoms with Gasteiger partial charge < -0.3 is 14.6 Å². The molecular formula is C17H24N2O7S. The molecule has 0 unspecified atom stereocenters. The number of nitrogens with zero attached hydrogens (tertiary/aromatic N) is 2. The van der Waals surface area contributed by atoms with Gasteiger partial charge in [0.15, 0.2) is 16.4 Å². The van der Waals surface area contributed by atoms with Crippen LogP contribution in [0.4, 0.5) is 5.69 Å². The van der Waals surface area contributed by atoms with Crippen molar-refractivity contribution >= 4 is 15.7 Å². The number of hydrogen-bond donors (Lipinski definition) is 1. The largest absolute Gasteiger partial charge is 0.486 e. The number of rotatable bonds is 3. The molecule has 0 aliphatic carbocycles. The Bertz CT molecular complexity index is 848. The fourth-order valence-corrected chi connectivity index (χ4v) is 5.31. The summed E-state index contributed by atoms with van der Waals surface area (Å²) in [5.74, 6) is 0.258. The lowest BCUT2D eigenvalue weighted by Gasteiger charge is -2.41. The van der Waals surface area contributed by atoms with Crippen LogP contribution in [0.1, 0.15) is 27.2 Å². The first-order valence-electron chi connectivity index (χ1n) is 8.78. The molecule has 0 amide bonds. The summed E-state index contributed by atoms with van der Waals surface area (Å²) in [4.78, 5) is 10.3. The molecular weight excluding hydrogens is 376 g/mol. The van der Waals surface area contributed by atoms with E-state index in [1.54, 1.807) is 0 Å². The number of aliphatic hydroxyl groups excluding tert-OH is 1. The maximum Gasteiger partial charge on any atom is 0.293 e. The highest BCUT2D eigenvalue weighted by molar-refractivity contribution is 7.89. The second-order valence-electron chi connectivity index (χ2n) is 7.91. The molecule has 2 heterocycles. The summed E-state index contributed by atoms with van der Waals surface area (Å²) in [7, 11) is -4.18. The van der Waals surface area contributed by atoms with Crippen molar-refractivity contribution in [3.8, 4) is 11.5 Å². The van der Waals surface area contributed by atoms with Crippen molar-refractivity contribution in [2.75, 3.05) is 26.3 Å². The van der Waals surface area contributed by atoms with E-state index in [-0.39, 0.29) is 49.1 Å². The highest BCUT2D eigenvalue weighted by Gasteiger charge is 2.42. The van der Waals surface area contributed by atoms with Crippen LogP contribution in [0.2, 0.25) is 0 Å². The van der Waals surface area contributed by atoms with Gasteiger partial charge in [-0.1, -0.05) is 20.8 Å². The summed E-state index contributed by atoms with van der Waals surface area (Å²) < 4.78 is 38.0. The van der Waals surface area contributed by atoms with Crippen molar-refractivity contribution in [1.82, 2.24) is 4.31 Å². The van der Waals surface area contributed by atoms with Gasteiger partial charge in [-0.25, -0.2) is 8.42 Å². The van der Waals surface area contributed by atoms with E-state index in [2.05, 4.69) is 0 Å². The first kappa shape index (κ1) is 19.8. The Morgan fingerprint density at radius 2 is 1.81 bits per heavy atom. The minimum atomic E-state index is -4.18. The van der Waals surface area contributed by atoms with Crippen LogP contribution in [-0.2, 0) is 10.0 Å². The molecule has 9 nitrogen and oxygen atoms in total. The van der Waals surface area contributed by atoms with Gasteiger partial charge in [-0.05, 0) is 17.8 Å². The van der Waals surface area contributed by atoms with E-state index < -0.39 is 31.6 Å². The Morgan fingerprint density at radius 3 is 2.33 bits per heavy atom. The van der Waals surface area contributed by atoms with E-state index in [4.69, 9.17) is 9.47 Å². The van der Waals surface area contributed by atoms with Gasteiger partial charge in [0.2, 0.25) is 10.0 Å². The molecule has 2 aliphatic rings. The molecule has 1 N–H and O–H groups in total. The van der Waals surface area contributed by atoms with E-state index >= 15 is 0 Å². The third-order valence-electron chi connectivity index (χ3n) is 5.10. The standard InChI is InChI=1S/C17H24N2O7S/c1-17(2,3)11-4-5-18(10-13(11)20)27(23,24)16-9-15-14(25-6-7-26-15)8-12(16)19(21)22/h8-9,11,13,20H,4-7,10H2,1-3H3/t11-,13-/m0/s1. The summed E-state index contributed by atoms with van der Waals surface area (Å²) >= 11 is 0. The molecule has 2 atom stereocenters. The summed E-state index contributed by atoms with van der Waals surface area (Å²) in [5.41, 5.74) is -0.732. The van der Waals surface area contributed by atoms with Crippen LogP contribution in [0.15, 0.2) is 17.0 Å². The molecule has 0 spiro atoms. The first-order chi connectivity index (χ1) is 12.5. The molecule has 1 fully saturated rings. The first-order valence-corrected chi connectivity index (χ1v) is 10.2. The molecule has 1 aromatic carbocycles. The van der Waals surface area contributed by atoms with Crippen molar-refractivity contribution in [3.05, 3.63) is 22.2 Å². The second-order valence-corrected chi connectivity index (χ2v) is 9.82. The molecule has 0 bridgehead atoms. The lowest BCUT2D eigenvalue weighted by Crippen LogP contribution is -2.49. The SMILES string of the molecule is CC(C)(C)[C@H]1CCN(S(=O)(=O)c2cc3c(cc2[N+](=O)[O-])OCCO3)C[C@@H]1O. The number of fused-ring (bicyclic) bond motifs is 1. The minimum absolute atomic E-state index is 0.0563. The number of ether oxygens (including phenoxy) is 2. The minimum Gasteiger partial charge on any atom is -0.486 e. The summed E-state index contributed by atoms with van der Waals surface area (Å²) in [5, 5.41) is 21.9. The third kappa shape index (κ3) is 3.74. The Morgan fingerprint density at radius 1 is 1.22 bits per heavy atom. The number of nitro groups is 1. The van der Waals surface area contributed by atoms with Crippen molar-refractivity contribution in [1.29, 1.82) is 0 Å². The van der Waals surface area contributed by atoms with Crippen molar-refractivity contribution in [2.24, 2.45) is 11.3 Å². The van der Waals surface area contributed by atoms with Gasteiger partial charge >= 0.3 is 0 Å². The third-order valence-corrected chi connectivity index (χ3v) is 6.99. The Labute approximate surface area is 158 Å². The maximum absolute atomic E-state index is 13.1. The summed E-state index contributed by atoms with van der Waals surface area (Å²) in [6.45, 7) is 6.55.